The van der Waals surface area contributed by atoms with Gasteiger partial charge in [-0.15, -0.1) is 0 Å². The first kappa shape index (κ1) is 21.8. The number of sulfone groups is 2. The van der Waals surface area contributed by atoms with E-state index in [2.05, 4.69) is 10.3 Å². The van der Waals surface area contributed by atoms with E-state index in [1.54, 1.807) is 0 Å². The van der Waals surface area contributed by atoms with Crippen LogP contribution in [0.4, 0.5) is 5.00 Å². The van der Waals surface area contributed by atoms with E-state index < -0.39 is 19.7 Å². The smallest absolute Gasteiger partial charge is 0.226 e. The van der Waals surface area contributed by atoms with E-state index in [9.17, 15) is 16.8 Å². The number of halogens is 1. The highest BCUT2D eigenvalue weighted by Gasteiger charge is 2.30. The zero-order valence-electron chi connectivity index (χ0n) is 15.7. The van der Waals surface area contributed by atoms with Crippen LogP contribution in [0.15, 0.2) is 68.9 Å². The molecule has 0 aliphatic heterocycles. The Morgan fingerprint density at radius 3 is 2.24 bits per heavy atom. The summed E-state index contributed by atoms with van der Waals surface area (Å²) in [6, 6.07) is 14.8. The molecule has 3 aromatic rings. The minimum absolute atomic E-state index is 0.0111. The Balaban J connectivity index is 2.11. The SMILES string of the molecule is CCS(=O)(=O)c1nc(S(=O)(=O)c2ccc(Cl)cc2)c(NC(C)c2ccccc2)s1. The van der Waals surface area contributed by atoms with Crippen LogP contribution in [0.2, 0.25) is 5.02 Å². The number of hydrogen-bond donors (Lipinski definition) is 1. The molecule has 0 spiro atoms. The number of hydrogen-bond acceptors (Lipinski definition) is 7. The average molecular weight is 471 g/mol. The topological polar surface area (TPSA) is 93.2 Å². The molecule has 0 saturated heterocycles. The molecule has 1 heterocycles. The number of benzene rings is 2. The Morgan fingerprint density at radius 1 is 1.03 bits per heavy atom. The summed E-state index contributed by atoms with van der Waals surface area (Å²) in [5.74, 6) is -0.172. The second kappa shape index (κ2) is 8.43. The lowest BCUT2D eigenvalue weighted by molar-refractivity contribution is 0.590. The molecule has 2 aromatic carbocycles. The van der Waals surface area contributed by atoms with E-state index in [-0.39, 0.29) is 31.1 Å². The van der Waals surface area contributed by atoms with Crippen molar-refractivity contribution >= 4 is 47.6 Å². The molecule has 0 bridgehead atoms. The number of aromatic nitrogens is 1. The van der Waals surface area contributed by atoms with E-state index >= 15 is 0 Å². The molecule has 1 N–H and O–H groups in total. The standard InChI is InChI=1S/C19H19ClN2O4S3/c1-3-28(23,24)19-22-18(29(25,26)16-11-9-15(20)10-12-16)17(27-19)21-13(2)14-7-5-4-6-8-14/h4-13,21H,3H2,1-2H3. The Morgan fingerprint density at radius 2 is 1.66 bits per heavy atom. The van der Waals surface area contributed by atoms with Gasteiger partial charge in [-0.1, -0.05) is 60.2 Å². The first-order valence-electron chi connectivity index (χ1n) is 8.71. The van der Waals surface area contributed by atoms with Gasteiger partial charge in [-0.2, -0.15) is 0 Å². The summed E-state index contributed by atoms with van der Waals surface area (Å²) in [5, 5.41) is 3.39. The second-order valence-corrected chi connectivity index (χ2v) is 12.0. The van der Waals surface area contributed by atoms with Crippen molar-refractivity contribution in [1.29, 1.82) is 0 Å². The first-order chi connectivity index (χ1) is 13.6. The molecular weight excluding hydrogens is 452 g/mol. The fourth-order valence-corrected chi connectivity index (χ4v) is 6.76. The molecule has 0 amide bonds. The number of thiazole rings is 1. The van der Waals surface area contributed by atoms with Crippen molar-refractivity contribution < 1.29 is 16.8 Å². The van der Waals surface area contributed by atoms with Gasteiger partial charge in [-0.3, -0.25) is 0 Å². The van der Waals surface area contributed by atoms with Crippen molar-refractivity contribution in [3.05, 3.63) is 65.2 Å². The number of anilines is 1. The van der Waals surface area contributed by atoms with Crippen molar-refractivity contribution in [2.75, 3.05) is 11.1 Å². The Hall–Kier alpha value is -1.94. The molecule has 10 heteroatoms. The van der Waals surface area contributed by atoms with Crippen LogP contribution < -0.4 is 5.32 Å². The largest absolute Gasteiger partial charge is 0.368 e. The van der Waals surface area contributed by atoms with E-state index in [1.165, 1.54) is 31.2 Å². The van der Waals surface area contributed by atoms with E-state index in [4.69, 9.17) is 11.6 Å². The van der Waals surface area contributed by atoms with Crippen molar-refractivity contribution in [3.63, 3.8) is 0 Å². The second-order valence-electron chi connectivity index (χ2n) is 6.25. The lowest BCUT2D eigenvalue weighted by atomic mass is 10.1. The lowest BCUT2D eigenvalue weighted by Crippen LogP contribution is -2.10. The third-order valence-electron chi connectivity index (χ3n) is 4.25. The molecule has 0 saturated carbocycles. The first-order valence-corrected chi connectivity index (χ1v) is 13.0. The molecule has 1 atom stereocenters. The summed E-state index contributed by atoms with van der Waals surface area (Å²) in [5.41, 5.74) is 0.927. The van der Waals surface area contributed by atoms with Gasteiger partial charge in [0.25, 0.3) is 0 Å². The zero-order chi connectivity index (χ0) is 21.2. The van der Waals surface area contributed by atoms with Gasteiger partial charge in [0.05, 0.1) is 10.6 Å². The predicted molar refractivity (Wildman–Crippen MR) is 115 cm³/mol. The van der Waals surface area contributed by atoms with Crippen LogP contribution in [0.1, 0.15) is 25.5 Å². The van der Waals surface area contributed by atoms with Gasteiger partial charge in [-0.25, -0.2) is 21.8 Å². The molecule has 0 aliphatic rings. The van der Waals surface area contributed by atoms with Crippen LogP contribution in [-0.2, 0) is 19.7 Å². The summed E-state index contributed by atoms with van der Waals surface area (Å²) in [4.78, 5) is 4.01. The summed E-state index contributed by atoms with van der Waals surface area (Å²) >= 11 is 6.68. The summed E-state index contributed by atoms with van der Waals surface area (Å²) in [6.07, 6.45) is 0. The third-order valence-corrected chi connectivity index (χ3v) is 9.50. The number of nitrogens with zero attached hydrogens (tertiary/aromatic N) is 1. The van der Waals surface area contributed by atoms with Gasteiger partial charge in [-0.05, 0) is 36.8 Å². The third kappa shape index (κ3) is 4.63. The van der Waals surface area contributed by atoms with Gasteiger partial charge >= 0.3 is 0 Å². The normalized spacial score (nSPS) is 13.2. The Kier molecular flexibility index (Phi) is 6.33. The molecule has 29 heavy (non-hydrogen) atoms. The number of rotatable bonds is 7. The maximum atomic E-state index is 13.2. The van der Waals surface area contributed by atoms with Crippen LogP contribution in [0, 0.1) is 0 Å². The summed E-state index contributed by atoms with van der Waals surface area (Å²) in [6.45, 7) is 3.35. The van der Waals surface area contributed by atoms with Gasteiger partial charge in [0, 0.05) is 11.1 Å². The van der Waals surface area contributed by atoms with Crippen LogP contribution in [-0.4, -0.2) is 27.6 Å². The fourth-order valence-electron chi connectivity index (χ4n) is 2.56. The minimum Gasteiger partial charge on any atom is -0.368 e. The summed E-state index contributed by atoms with van der Waals surface area (Å²) in [7, 11) is -7.72. The number of nitrogens with one attached hydrogen (secondary N) is 1. The van der Waals surface area contributed by atoms with Gasteiger partial charge < -0.3 is 5.32 Å². The quantitative estimate of drug-likeness (QED) is 0.542. The molecule has 1 aromatic heterocycles. The molecule has 0 radical (unpaired) electrons. The maximum absolute atomic E-state index is 13.2. The van der Waals surface area contributed by atoms with Crippen molar-refractivity contribution in [3.8, 4) is 0 Å². The molecule has 0 fully saturated rings. The molecule has 0 aliphatic carbocycles. The predicted octanol–water partition coefficient (Wildman–Crippen LogP) is 4.60. The van der Waals surface area contributed by atoms with Crippen molar-refractivity contribution in [2.24, 2.45) is 0 Å². The average Bonchev–Trinajstić information content (AvgIpc) is 3.14. The monoisotopic (exact) mass is 470 g/mol. The highest BCUT2D eigenvalue weighted by atomic mass is 35.5. The highest BCUT2D eigenvalue weighted by Crippen LogP contribution is 2.37. The Bertz CT molecular complexity index is 1210. The van der Waals surface area contributed by atoms with Gasteiger partial charge in [0.1, 0.15) is 5.00 Å². The van der Waals surface area contributed by atoms with Crippen LogP contribution in [0.3, 0.4) is 0 Å². The van der Waals surface area contributed by atoms with E-state index in [0.29, 0.717) is 5.02 Å². The molecule has 1 unspecified atom stereocenters. The summed E-state index contributed by atoms with van der Waals surface area (Å²) < 4.78 is 50.8. The van der Waals surface area contributed by atoms with Crippen molar-refractivity contribution in [1.82, 2.24) is 4.98 Å². The van der Waals surface area contributed by atoms with Crippen molar-refractivity contribution in [2.45, 2.75) is 34.2 Å². The van der Waals surface area contributed by atoms with Crippen LogP contribution in [0.25, 0.3) is 0 Å². The molecule has 6 nitrogen and oxygen atoms in total. The molecule has 3 rings (SSSR count). The molecule has 154 valence electrons. The van der Waals surface area contributed by atoms with E-state index in [0.717, 1.165) is 16.9 Å². The van der Waals surface area contributed by atoms with Gasteiger partial charge in [0.2, 0.25) is 24.0 Å². The maximum Gasteiger partial charge on any atom is 0.226 e. The van der Waals surface area contributed by atoms with Crippen LogP contribution >= 0.6 is 22.9 Å². The highest BCUT2D eigenvalue weighted by molar-refractivity contribution is 7.94. The van der Waals surface area contributed by atoms with Gasteiger partial charge in [0.15, 0.2) is 5.03 Å². The zero-order valence-corrected chi connectivity index (χ0v) is 18.9. The minimum atomic E-state index is -4.05. The van der Waals surface area contributed by atoms with Crippen LogP contribution in [0.5, 0.6) is 0 Å². The Labute approximate surface area is 179 Å². The molecular formula is C19H19ClN2O4S3. The fraction of sp³-hybridized carbons (Fsp3) is 0.211. The van der Waals surface area contributed by atoms with E-state index in [1.807, 2.05) is 37.3 Å². The lowest BCUT2D eigenvalue weighted by Gasteiger charge is -2.15.